The number of nitrogen functional groups attached to an aromatic ring is 1. The fraction of sp³-hybridized carbons (Fsp3) is 0.182. The van der Waals surface area contributed by atoms with Crippen molar-refractivity contribution in [2.24, 2.45) is 0 Å². The summed E-state index contributed by atoms with van der Waals surface area (Å²) < 4.78 is 62.8. The number of rotatable bonds is 5. The van der Waals surface area contributed by atoms with Gasteiger partial charge < -0.3 is 15.6 Å². The van der Waals surface area contributed by atoms with Crippen LogP contribution in [-0.2, 0) is 15.6 Å². The van der Waals surface area contributed by atoms with Crippen LogP contribution in [0.1, 0.15) is 30.5 Å². The number of nitrogens with two attached hydrogens (primary N) is 1. The number of aromatic nitrogens is 2. The number of benzene rings is 2. The molecule has 34 heavy (non-hydrogen) atoms. The summed E-state index contributed by atoms with van der Waals surface area (Å²) in [4.78, 5) is 7.01. The predicted octanol–water partition coefficient (Wildman–Crippen LogP) is 3.43. The van der Waals surface area contributed by atoms with Crippen molar-refractivity contribution >= 4 is 33.3 Å². The van der Waals surface area contributed by atoms with Gasteiger partial charge in [-0.15, -0.1) is 0 Å². The second-order valence-electron chi connectivity index (χ2n) is 7.51. The molecule has 0 radical (unpaired) electrons. The molecule has 8 nitrogen and oxygen atoms in total. The van der Waals surface area contributed by atoms with E-state index in [1.807, 2.05) is 0 Å². The summed E-state index contributed by atoms with van der Waals surface area (Å²) in [5.41, 5.74) is 2.98. The van der Waals surface area contributed by atoms with Gasteiger partial charge in [0.25, 0.3) is 10.0 Å². The lowest BCUT2D eigenvalue weighted by Gasteiger charge is -2.23. The van der Waals surface area contributed by atoms with Gasteiger partial charge in [-0.05, 0) is 38.1 Å². The van der Waals surface area contributed by atoms with Crippen molar-refractivity contribution in [3.05, 3.63) is 70.0 Å². The van der Waals surface area contributed by atoms with Crippen molar-refractivity contribution < 1.29 is 27.0 Å². The summed E-state index contributed by atoms with van der Waals surface area (Å²) in [6.45, 7) is 2.84. The van der Waals surface area contributed by atoms with Crippen LogP contribution >= 0.6 is 11.6 Å². The Morgan fingerprint density at radius 1 is 1.18 bits per heavy atom. The van der Waals surface area contributed by atoms with Crippen LogP contribution in [0, 0.1) is 23.5 Å². The number of halogens is 3. The fourth-order valence-corrected chi connectivity index (χ4v) is 4.48. The highest BCUT2D eigenvalue weighted by Gasteiger charge is 2.30. The van der Waals surface area contributed by atoms with Gasteiger partial charge in [0.15, 0.2) is 5.82 Å². The first-order valence-electron chi connectivity index (χ1n) is 9.54. The zero-order valence-electron chi connectivity index (χ0n) is 18.1. The first-order valence-corrected chi connectivity index (χ1v) is 11.4. The van der Waals surface area contributed by atoms with Gasteiger partial charge in [-0.25, -0.2) is 27.2 Å². The summed E-state index contributed by atoms with van der Waals surface area (Å²) in [5.74, 6) is 2.37. The smallest absolute Gasteiger partial charge is 0.265 e. The lowest BCUT2D eigenvalue weighted by molar-refractivity contribution is 0.0752. The van der Waals surface area contributed by atoms with Crippen LogP contribution in [0.5, 0.6) is 5.75 Å². The van der Waals surface area contributed by atoms with Gasteiger partial charge in [-0.2, -0.15) is 0 Å². The Labute approximate surface area is 199 Å². The molecular formula is C22H19ClF2N4O4S. The first kappa shape index (κ1) is 25.2. The van der Waals surface area contributed by atoms with E-state index in [1.165, 1.54) is 39.4 Å². The summed E-state index contributed by atoms with van der Waals surface area (Å²) in [6.07, 6.45) is 2.53. The van der Waals surface area contributed by atoms with Crippen LogP contribution < -0.4 is 15.2 Å². The zero-order valence-corrected chi connectivity index (χ0v) is 19.7. The maximum Gasteiger partial charge on any atom is 0.265 e. The summed E-state index contributed by atoms with van der Waals surface area (Å²) in [7, 11) is -3.29. The molecule has 1 heterocycles. The molecular weight excluding hydrogens is 490 g/mol. The largest absolute Gasteiger partial charge is 0.495 e. The average molecular weight is 509 g/mol. The zero-order chi connectivity index (χ0) is 25.3. The number of nitrogens with zero attached hydrogens (tertiary/aromatic N) is 2. The first-order chi connectivity index (χ1) is 15.8. The minimum Gasteiger partial charge on any atom is -0.495 e. The number of nitrogens with one attached hydrogen (secondary N) is 1. The van der Waals surface area contributed by atoms with Crippen LogP contribution in [0.2, 0.25) is 5.02 Å². The maximum atomic E-state index is 15.1. The molecule has 0 amide bonds. The number of sulfonamides is 1. The van der Waals surface area contributed by atoms with Crippen LogP contribution in [-0.4, -0.2) is 30.6 Å². The summed E-state index contributed by atoms with van der Waals surface area (Å²) in [5, 5.41) is 10.4. The van der Waals surface area contributed by atoms with Crippen molar-refractivity contribution in [1.82, 2.24) is 9.97 Å². The Morgan fingerprint density at radius 2 is 1.82 bits per heavy atom. The molecule has 2 aromatic carbocycles. The molecule has 0 bridgehead atoms. The van der Waals surface area contributed by atoms with Crippen LogP contribution in [0.3, 0.4) is 0 Å². The fourth-order valence-electron chi connectivity index (χ4n) is 2.92. The van der Waals surface area contributed by atoms with Gasteiger partial charge in [-0.1, -0.05) is 23.4 Å². The van der Waals surface area contributed by atoms with Crippen molar-refractivity contribution in [2.75, 3.05) is 17.6 Å². The van der Waals surface area contributed by atoms with Crippen molar-refractivity contribution in [2.45, 2.75) is 24.3 Å². The minimum absolute atomic E-state index is 0.00324. The second kappa shape index (κ2) is 9.42. The molecule has 0 spiro atoms. The Bertz CT molecular complexity index is 1410. The third kappa shape index (κ3) is 5.36. The van der Waals surface area contributed by atoms with E-state index in [-0.39, 0.29) is 27.8 Å². The van der Waals surface area contributed by atoms with E-state index in [2.05, 4.69) is 26.5 Å². The Morgan fingerprint density at radius 3 is 2.41 bits per heavy atom. The van der Waals surface area contributed by atoms with Gasteiger partial charge in [0.1, 0.15) is 16.5 Å². The van der Waals surface area contributed by atoms with Crippen molar-refractivity contribution in [1.29, 1.82) is 0 Å². The van der Waals surface area contributed by atoms with Gasteiger partial charge in [0.2, 0.25) is 5.95 Å². The molecule has 0 saturated heterocycles. The van der Waals surface area contributed by atoms with E-state index in [1.54, 1.807) is 0 Å². The van der Waals surface area contributed by atoms with Crippen molar-refractivity contribution in [3.63, 3.8) is 0 Å². The van der Waals surface area contributed by atoms with E-state index >= 15 is 4.39 Å². The molecule has 178 valence electrons. The SMILES string of the molecule is COc1c(C(C)(C)O)cc(Cl)cc1S(=O)(=O)Nc1ccc(F)c(C#Cc2cnc(N)nc2)c1F. The molecule has 0 aliphatic heterocycles. The van der Waals surface area contributed by atoms with E-state index < -0.39 is 43.4 Å². The van der Waals surface area contributed by atoms with Gasteiger partial charge in [0.05, 0.1) is 29.5 Å². The highest BCUT2D eigenvalue weighted by Crippen LogP contribution is 2.38. The molecule has 0 aliphatic rings. The molecule has 0 fully saturated rings. The number of ether oxygens (including phenoxy) is 1. The molecule has 0 saturated carbocycles. The minimum atomic E-state index is -4.50. The number of aliphatic hydroxyl groups is 1. The highest BCUT2D eigenvalue weighted by molar-refractivity contribution is 7.92. The molecule has 0 aliphatic carbocycles. The lowest BCUT2D eigenvalue weighted by atomic mass is 9.97. The number of hydrogen-bond donors (Lipinski definition) is 3. The lowest BCUT2D eigenvalue weighted by Crippen LogP contribution is -2.21. The Hall–Kier alpha value is -3.46. The Balaban J connectivity index is 2.06. The number of hydrogen-bond acceptors (Lipinski definition) is 7. The van der Waals surface area contributed by atoms with E-state index in [0.29, 0.717) is 0 Å². The van der Waals surface area contributed by atoms with Gasteiger partial charge >= 0.3 is 0 Å². The quantitative estimate of drug-likeness (QED) is 0.450. The van der Waals surface area contributed by atoms with Crippen molar-refractivity contribution in [3.8, 4) is 17.6 Å². The molecule has 3 rings (SSSR count). The normalized spacial score (nSPS) is 11.5. The van der Waals surface area contributed by atoms with Gasteiger partial charge in [-0.3, -0.25) is 4.72 Å². The van der Waals surface area contributed by atoms with Crippen LogP contribution in [0.25, 0.3) is 0 Å². The number of anilines is 2. The third-order valence-electron chi connectivity index (χ3n) is 4.51. The van der Waals surface area contributed by atoms with Gasteiger partial charge in [0, 0.05) is 23.0 Å². The molecule has 4 N–H and O–H groups in total. The second-order valence-corrected chi connectivity index (χ2v) is 9.60. The Kier molecular flexibility index (Phi) is 6.97. The summed E-state index contributed by atoms with van der Waals surface area (Å²) >= 11 is 6.06. The van der Waals surface area contributed by atoms with E-state index in [4.69, 9.17) is 22.1 Å². The van der Waals surface area contributed by atoms with Crippen LogP contribution in [0.15, 0.2) is 41.6 Å². The topological polar surface area (TPSA) is 127 Å². The average Bonchev–Trinajstić information content (AvgIpc) is 2.75. The third-order valence-corrected chi connectivity index (χ3v) is 6.10. The molecule has 0 atom stereocenters. The monoisotopic (exact) mass is 508 g/mol. The molecule has 0 unspecified atom stereocenters. The molecule has 12 heteroatoms. The number of methoxy groups -OCH3 is 1. The maximum absolute atomic E-state index is 15.1. The predicted molar refractivity (Wildman–Crippen MR) is 123 cm³/mol. The summed E-state index contributed by atoms with van der Waals surface area (Å²) in [6, 6.07) is 4.21. The van der Waals surface area contributed by atoms with E-state index in [0.717, 1.165) is 18.2 Å². The molecule has 3 aromatic rings. The van der Waals surface area contributed by atoms with E-state index in [9.17, 15) is 17.9 Å². The standard InChI is InChI=1S/C22H19ClF2N4O4S/c1-22(2,30)15-8-13(23)9-18(20(15)33-3)34(31,32)29-17-7-6-16(24)14(19(17)25)5-4-12-10-27-21(26)28-11-12/h6-11,29-30H,1-3H3,(H2,26,27,28). The highest BCUT2D eigenvalue weighted by atomic mass is 35.5. The molecule has 1 aromatic heterocycles. The van der Waals surface area contributed by atoms with Crippen LogP contribution in [0.4, 0.5) is 20.4 Å².